The quantitative estimate of drug-likeness (QED) is 0.572. The normalized spacial score (nSPS) is 21.2. The van der Waals surface area contributed by atoms with Crippen LogP contribution in [0.25, 0.3) is 10.9 Å². The van der Waals surface area contributed by atoms with Crippen molar-refractivity contribution in [3.63, 3.8) is 0 Å². The molecule has 1 saturated carbocycles. The van der Waals surface area contributed by atoms with Crippen LogP contribution in [0.1, 0.15) is 43.4 Å². The molecule has 0 amide bonds. The van der Waals surface area contributed by atoms with Gasteiger partial charge in [-0.1, -0.05) is 12.1 Å². The number of benzene rings is 2. The second-order valence-corrected chi connectivity index (χ2v) is 8.43. The van der Waals surface area contributed by atoms with E-state index in [1.807, 2.05) is 30.3 Å². The first-order valence-electron chi connectivity index (χ1n) is 10.9. The molecule has 4 rings (SSSR count). The molecule has 0 atom stereocenters. The molecular weight excluding hydrogens is 390 g/mol. The molecule has 0 saturated heterocycles. The van der Waals surface area contributed by atoms with E-state index in [2.05, 4.69) is 27.4 Å². The summed E-state index contributed by atoms with van der Waals surface area (Å²) in [6, 6.07) is 14.4. The van der Waals surface area contributed by atoms with Crippen LogP contribution in [0.5, 0.6) is 11.5 Å². The number of hydrogen-bond donors (Lipinski definition) is 2. The summed E-state index contributed by atoms with van der Waals surface area (Å²) in [6.07, 6.45) is 6.61. The first kappa shape index (κ1) is 21.5. The molecule has 6 nitrogen and oxygen atoms in total. The van der Waals surface area contributed by atoms with Crippen LogP contribution in [-0.2, 0) is 13.0 Å². The van der Waals surface area contributed by atoms with Crippen molar-refractivity contribution in [2.45, 2.75) is 56.7 Å². The smallest absolute Gasteiger partial charge is 0.119 e. The lowest BCUT2D eigenvalue weighted by atomic mass is 9.79. The molecule has 2 N–H and O–H groups in total. The van der Waals surface area contributed by atoms with Gasteiger partial charge in [-0.05, 0) is 74.4 Å². The summed E-state index contributed by atoms with van der Waals surface area (Å²) < 4.78 is 10.6. The van der Waals surface area contributed by atoms with E-state index in [1.165, 1.54) is 5.56 Å². The summed E-state index contributed by atoms with van der Waals surface area (Å²) in [5.74, 6) is 1.67. The van der Waals surface area contributed by atoms with Gasteiger partial charge in [0.15, 0.2) is 0 Å². The van der Waals surface area contributed by atoms with Gasteiger partial charge in [-0.3, -0.25) is 0 Å². The fourth-order valence-electron chi connectivity index (χ4n) is 4.38. The summed E-state index contributed by atoms with van der Waals surface area (Å²) in [5.41, 5.74) is 2.49. The highest BCUT2D eigenvalue weighted by atomic mass is 16.5. The summed E-state index contributed by atoms with van der Waals surface area (Å²) in [6.45, 7) is 0.835. The zero-order chi connectivity index (χ0) is 21.7. The molecule has 164 valence electrons. The lowest BCUT2D eigenvalue weighted by molar-refractivity contribution is -0.0109. The van der Waals surface area contributed by atoms with Gasteiger partial charge in [-0.2, -0.15) is 0 Å². The number of hydrogen-bond acceptors (Lipinski definition) is 6. The third-order valence-corrected chi connectivity index (χ3v) is 6.42. The number of ether oxygens (including phenoxy) is 2. The minimum atomic E-state index is -0.631. The lowest BCUT2D eigenvalue weighted by Gasteiger charge is -2.36. The molecule has 0 aliphatic heterocycles. The highest BCUT2D eigenvalue weighted by molar-refractivity contribution is 5.82. The maximum Gasteiger partial charge on any atom is 0.119 e. The fourth-order valence-corrected chi connectivity index (χ4v) is 4.38. The van der Waals surface area contributed by atoms with Crippen LogP contribution in [0.4, 0.5) is 0 Å². The van der Waals surface area contributed by atoms with Gasteiger partial charge in [0.05, 0.1) is 31.0 Å². The van der Waals surface area contributed by atoms with E-state index in [1.54, 1.807) is 20.5 Å². The Labute approximate surface area is 183 Å². The minimum absolute atomic E-state index is 0.437. The molecular formula is C25H31N3O3. The highest BCUT2D eigenvalue weighted by Gasteiger charge is 2.33. The first-order valence-corrected chi connectivity index (χ1v) is 10.9. The van der Waals surface area contributed by atoms with E-state index < -0.39 is 5.60 Å². The van der Waals surface area contributed by atoms with Crippen LogP contribution in [-0.4, -0.2) is 40.9 Å². The van der Waals surface area contributed by atoms with E-state index in [0.29, 0.717) is 12.5 Å². The summed E-state index contributed by atoms with van der Waals surface area (Å²) in [4.78, 5) is 8.84. The Hall–Kier alpha value is -2.70. The summed E-state index contributed by atoms with van der Waals surface area (Å²) in [7, 11) is 3.34. The van der Waals surface area contributed by atoms with E-state index in [9.17, 15) is 5.11 Å². The molecule has 1 fully saturated rings. The van der Waals surface area contributed by atoms with Crippen LogP contribution in [0, 0.1) is 0 Å². The number of rotatable bonds is 8. The summed E-state index contributed by atoms with van der Waals surface area (Å²) >= 11 is 0. The van der Waals surface area contributed by atoms with Crippen molar-refractivity contribution in [2.24, 2.45) is 0 Å². The number of nitrogens with zero attached hydrogens (tertiary/aromatic N) is 2. The van der Waals surface area contributed by atoms with Gasteiger partial charge in [0.25, 0.3) is 0 Å². The average molecular weight is 422 g/mol. The molecule has 1 aliphatic carbocycles. The maximum absolute atomic E-state index is 11.2. The van der Waals surface area contributed by atoms with Gasteiger partial charge in [-0.25, -0.2) is 9.97 Å². The molecule has 2 aromatic carbocycles. The van der Waals surface area contributed by atoms with Gasteiger partial charge in [-0.15, -0.1) is 0 Å². The molecule has 0 bridgehead atoms. The Balaban J connectivity index is 1.30. The molecule has 1 heterocycles. The van der Waals surface area contributed by atoms with Crippen molar-refractivity contribution >= 4 is 10.9 Å². The Bertz CT molecular complexity index is 999. The second kappa shape index (κ2) is 9.62. The molecule has 31 heavy (non-hydrogen) atoms. The van der Waals surface area contributed by atoms with Gasteiger partial charge in [0, 0.05) is 18.0 Å². The van der Waals surface area contributed by atoms with Crippen molar-refractivity contribution in [3.8, 4) is 11.5 Å². The molecule has 0 spiro atoms. The fraction of sp³-hybridized carbons (Fsp3) is 0.440. The molecule has 6 heteroatoms. The van der Waals surface area contributed by atoms with E-state index in [-0.39, 0.29) is 0 Å². The molecule has 1 aliphatic rings. The SMILES string of the molecule is COc1ccc(CNC2CCC(O)(CCc3ncnc4ccc(OC)cc34)CC2)cc1. The number of aromatic nitrogens is 2. The minimum Gasteiger partial charge on any atom is -0.497 e. The predicted molar refractivity (Wildman–Crippen MR) is 121 cm³/mol. The second-order valence-electron chi connectivity index (χ2n) is 8.43. The number of aryl methyl sites for hydroxylation is 1. The topological polar surface area (TPSA) is 76.5 Å². The lowest BCUT2D eigenvalue weighted by Crippen LogP contribution is -2.41. The van der Waals surface area contributed by atoms with Gasteiger partial charge in [0.2, 0.25) is 0 Å². The van der Waals surface area contributed by atoms with Crippen molar-refractivity contribution in [3.05, 3.63) is 60.0 Å². The molecule has 0 radical (unpaired) electrons. The van der Waals surface area contributed by atoms with Gasteiger partial charge in [0.1, 0.15) is 17.8 Å². The van der Waals surface area contributed by atoms with Crippen LogP contribution in [0.15, 0.2) is 48.8 Å². The Morgan fingerprint density at radius 1 is 1.00 bits per heavy atom. The maximum atomic E-state index is 11.2. The molecule has 1 aromatic heterocycles. The van der Waals surface area contributed by atoms with E-state index >= 15 is 0 Å². The molecule has 0 unspecified atom stereocenters. The summed E-state index contributed by atoms with van der Waals surface area (Å²) in [5, 5.41) is 15.8. The third-order valence-electron chi connectivity index (χ3n) is 6.42. The zero-order valence-corrected chi connectivity index (χ0v) is 18.3. The van der Waals surface area contributed by atoms with Gasteiger partial charge >= 0.3 is 0 Å². The van der Waals surface area contributed by atoms with Crippen molar-refractivity contribution in [1.82, 2.24) is 15.3 Å². The average Bonchev–Trinajstić information content (AvgIpc) is 2.82. The zero-order valence-electron chi connectivity index (χ0n) is 18.3. The Morgan fingerprint density at radius 3 is 2.42 bits per heavy atom. The van der Waals surface area contributed by atoms with Gasteiger partial charge < -0.3 is 19.9 Å². The first-order chi connectivity index (χ1) is 15.1. The molecule has 3 aromatic rings. The monoisotopic (exact) mass is 421 g/mol. The van der Waals surface area contributed by atoms with E-state index in [4.69, 9.17) is 9.47 Å². The standard InChI is InChI=1S/C25H31N3O3/c1-30-20-5-3-18(4-6-20)16-26-19-9-12-25(29,13-10-19)14-11-24-22-15-21(31-2)7-8-23(22)27-17-28-24/h3-8,15,17,19,26,29H,9-14,16H2,1-2H3. The van der Waals surface area contributed by atoms with E-state index in [0.717, 1.165) is 66.7 Å². The number of nitrogens with one attached hydrogen (secondary N) is 1. The van der Waals surface area contributed by atoms with Crippen LogP contribution < -0.4 is 14.8 Å². The van der Waals surface area contributed by atoms with Crippen LogP contribution in [0.2, 0.25) is 0 Å². The number of aliphatic hydroxyl groups is 1. The Morgan fingerprint density at radius 2 is 1.71 bits per heavy atom. The van der Waals surface area contributed by atoms with Crippen LogP contribution in [0.3, 0.4) is 0 Å². The van der Waals surface area contributed by atoms with Crippen molar-refractivity contribution in [2.75, 3.05) is 14.2 Å². The van der Waals surface area contributed by atoms with Crippen molar-refractivity contribution < 1.29 is 14.6 Å². The third kappa shape index (κ3) is 5.32. The Kier molecular flexibility index (Phi) is 6.68. The number of methoxy groups -OCH3 is 2. The van der Waals surface area contributed by atoms with Crippen LogP contribution >= 0.6 is 0 Å². The predicted octanol–water partition coefficient (Wildman–Crippen LogP) is 4.04. The van der Waals surface area contributed by atoms with Crippen molar-refractivity contribution in [1.29, 1.82) is 0 Å². The largest absolute Gasteiger partial charge is 0.497 e. The highest BCUT2D eigenvalue weighted by Crippen LogP contribution is 2.33. The number of fused-ring (bicyclic) bond motifs is 1.